The number of benzene rings is 1. The fourth-order valence-corrected chi connectivity index (χ4v) is 3.15. The summed E-state index contributed by atoms with van der Waals surface area (Å²) in [5.74, 6) is 1.46. The highest BCUT2D eigenvalue weighted by molar-refractivity contribution is 5.80. The Morgan fingerprint density at radius 3 is 2.83 bits per heavy atom. The number of aromatic nitrogens is 4. The van der Waals surface area contributed by atoms with Gasteiger partial charge in [-0.15, -0.1) is 5.10 Å². The van der Waals surface area contributed by atoms with Gasteiger partial charge in [0.15, 0.2) is 0 Å². The Bertz CT molecular complexity index is 704. The molecule has 1 amide bonds. The van der Waals surface area contributed by atoms with Gasteiger partial charge in [0.05, 0.1) is 20.3 Å². The van der Waals surface area contributed by atoms with Crippen molar-refractivity contribution in [1.82, 2.24) is 25.1 Å². The summed E-state index contributed by atoms with van der Waals surface area (Å²) in [6, 6.07) is 5.25. The smallest absolute Gasteiger partial charge is 0.247 e. The zero-order valence-corrected chi connectivity index (χ0v) is 14.0. The summed E-state index contributed by atoms with van der Waals surface area (Å²) >= 11 is 0. The molecule has 2 atom stereocenters. The van der Waals surface area contributed by atoms with Crippen LogP contribution in [0.1, 0.15) is 37.4 Å². The first-order chi connectivity index (χ1) is 11.7. The van der Waals surface area contributed by atoms with Gasteiger partial charge in [0, 0.05) is 18.2 Å². The summed E-state index contributed by atoms with van der Waals surface area (Å²) < 4.78 is 12.2. The molecule has 1 saturated heterocycles. The summed E-state index contributed by atoms with van der Waals surface area (Å²) in [6.45, 7) is 2.52. The van der Waals surface area contributed by atoms with Crippen molar-refractivity contribution < 1.29 is 14.3 Å². The number of ether oxygens (including phenoxy) is 2. The zero-order chi connectivity index (χ0) is 17.1. The van der Waals surface area contributed by atoms with Gasteiger partial charge in [-0.3, -0.25) is 4.79 Å². The van der Waals surface area contributed by atoms with Crippen LogP contribution in [0.2, 0.25) is 0 Å². The third-order valence-corrected chi connectivity index (χ3v) is 4.45. The highest BCUT2D eigenvalue weighted by Crippen LogP contribution is 2.39. The van der Waals surface area contributed by atoms with Gasteiger partial charge in [-0.2, -0.15) is 0 Å². The predicted molar refractivity (Wildman–Crippen MR) is 85.8 cm³/mol. The third kappa shape index (κ3) is 2.91. The Morgan fingerprint density at radius 2 is 2.17 bits per heavy atom. The first-order valence-electron chi connectivity index (χ1n) is 7.90. The molecule has 24 heavy (non-hydrogen) atoms. The molecule has 0 bridgehead atoms. The van der Waals surface area contributed by atoms with Crippen LogP contribution < -0.4 is 9.47 Å². The number of hydrogen-bond donors (Lipinski definition) is 0. The van der Waals surface area contributed by atoms with Crippen molar-refractivity contribution in [3.63, 3.8) is 0 Å². The molecule has 3 rings (SSSR count). The number of amides is 1. The lowest BCUT2D eigenvalue weighted by molar-refractivity contribution is -0.135. The Kier molecular flexibility index (Phi) is 4.64. The molecule has 0 aliphatic carbocycles. The van der Waals surface area contributed by atoms with E-state index in [4.69, 9.17) is 9.47 Å². The molecule has 2 heterocycles. The van der Waals surface area contributed by atoms with Crippen LogP contribution in [-0.4, -0.2) is 51.8 Å². The second-order valence-corrected chi connectivity index (χ2v) is 5.76. The monoisotopic (exact) mass is 331 g/mol. The number of methoxy groups -OCH3 is 2. The molecule has 8 nitrogen and oxygen atoms in total. The molecule has 8 heteroatoms. The Balaban J connectivity index is 1.87. The molecular formula is C16H21N5O3. The van der Waals surface area contributed by atoms with Crippen molar-refractivity contribution in [3.8, 4) is 11.5 Å². The molecule has 0 unspecified atom stereocenters. The highest BCUT2D eigenvalue weighted by atomic mass is 16.5. The molecular weight excluding hydrogens is 310 g/mol. The lowest BCUT2D eigenvalue weighted by Crippen LogP contribution is -2.36. The Morgan fingerprint density at radius 1 is 1.33 bits per heavy atom. The minimum absolute atomic E-state index is 0.00247. The normalized spacial score (nSPS) is 18.5. The molecule has 1 aromatic carbocycles. The van der Waals surface area contributed by atoms with Gasteiger partial charge in [0.1, 0.15) is 23.9 Å². The average molecular weight is 331 g/mol. The molecule has 1 aliphatic heterocycles. The predicted octanol–water partition coefficient (Wildman–Crippen LogP) is 1.61. The van der Waals surface area contributed by atoms with E-state index in [0.717, 1.165) is 29.9 Å². The first kappa shape index (κ1) is 16.2. The number of hydrogen-bond acceptors (Lipinski definition) is 6. The van der Waals surface area contributed by atoms with E-state index < -0.39 is 6.04 Å². The van der Waals surface area contributed by atoms with Gasteiger partial charge in [-0.05, 0) is 42.3 Å². The van der Waals surface area contributed by atoms with Gasteiger partial charge in [0.25, 0.3) is 0 Å². The number of carbonyl (C=O) groups excluding carboxylic acids is 1. The van der Waals surface area contributed by atoms with Crippen LogP contribution in [0.15, 0.2) is 24.5 Å². The minimum Gasteiger partial charge on any atom is -0.497 e. The SMILES string of the molecule is COc1ccc([C@H]2CCCN2C(=O)[C@H](C)n2cnnn2)c(OC)c1. The van der Waals surface area contributed by atoms with Crippen molar-refractivity contribution >= 4 is 5.91 Å². The van der Waals surface area contributed by atoms with Crippen molar-refractivity contribution in [3.05, 3.63) is 30.1 Å². The van der Waals surface area contributed by atoms with Gasteiger partial charge >= 0.3 is 0 Å². The average Bonchev–Trinajstić information content (AvgIpc) is 3.31. The maximum absolute atomic E-state index is 12.9. The summed E-state index contributed by atoms with van der Waals surface area (Å²) in [6.07, 6.45) is 3.31. The van der Waals surface area contributed by atoms with E-state index in [1.807, 2.05) is 23.1 Å². The molecule has 0 spiro atoms. The van der Waals surface area contributed by atoms with Gasteiger partial charge in [-0.25, -0.2) is 4.68 Å². The molecule has 1 fully saturated rings. The Labute approximate surface area is 140 Å². The second kappa shape index (κ2) is 6.86. The highest BCUT2D eigenvalue weighted by Gasteiger charge is 2.34. The maximum Gasteiger partial charge on any atom is 0.247 e. The molecule has 0 saturated carbocycles. The largest absolute Gasteiger partial charge is 0.497 e. The van der Waals surface area contributed by atoms with Crippen LogP contribution in [-0.2, 0) is 4.79 Å². The Hall–Kier alpha value is -2.64. The lowest BCUT2D eigenvalue weighted by atomic mass is 10.0. The second-order valence-electron chi connectivity index (χ2n) is 5.76. The molecule has 1 aromatic heterocycles. The van der Waals surface area contributed by atoms with Crippen LogP contribution in [0.5, 0.6) is 11.5 Å². The summed E-state index contributed by atoms with van der Waals surface area (Å²) in [5, 5.41) is 11.0. The van der Waals surface area contributed by atoms with E-state index in [-0.39, 0.29) is 11.9 Å². The van der Waals surface area contributed by atoms with Gasteiger partial charge in [-0.1, -0.05) is 0 Å². The van der Waals surface area contributed by atoms with Crippen LogP contribution in [0, 0.1) is 0 Å². The van der Waals surface area contributed by atoms with E-state index >= 15 is 0 Å². The van der Waals surface area contributed by atoms with Crippen molar-refractivity contribution in [1.29, 1.82) is 0 Å². The molecule has 2 aromatic rings. The first-order valence-corrected chi connectivity index (χ1v) is 7.90. The van der Waals surface area contributed by atoms with Gasteiger partial charge in [0.2, 0.25) is 5.91 Å². The van der Waals surface area contributed by atoms with Gasteiger partial charge < -0.3 is 14.4 Å². The van der Waals surface area contributed by atoms with Crippen LogP contribution in [0.4, 0.5) is 0 Å². The summed E-state index contributed by atoms with van der Waals surface area (Å²) in [4.78, 5) is 14.8. The number of tetrazole rings is 1. The number of likely N-dealkylation sites (tertiary alicyclic amines) is 1. The molecule has 0 N–H and O–H groups in total. The fraction of sp³-hybridized carbons (Fsp3) is 0.500. The fourth-order valence-electron chi connectivity index (χ4n) is 3.15. The quantitative estimate of drug-likeness (QED) is 0.828. The van der Waals surface area contributed by atoms with Crippen molar-refractivity contribution in [2.24, 2.45) is 0 Å². The summed E-state index contributed by atoms with van der Waals surface area (Å²) in [5.41, 5.74) is 0.994. The van der Waals surface area contributed by atoms with Crippen molar-refractivity contribution in [2.75, 3.05) is 20.8 Å². The zero-order valence-electron chi connectivity index (χ0n) is 14.0. The van der Waals surface area contributed by atoms with E-state index in [1.165, 1.54) is 11.0 Å². The number of rotatable bonds is 5. The number of nitrogens with zero attached hydrogens (tertiary/aromatic N) is 5. The molecule has 128 valence electrons. The number of carbonyl (C=O) groups is 1. The van der Waals surface area contributed by atoms with Crippen molar-refractivity contribution in [2.45, 2.75) is 31.8 Å². The van der Waals surface area contributed by atoms with E-state index in [1.54, 1.807) is 21.1 Å². The van der Waals surface area contributed by atoms with Crippen LogP contribution in [0.3, 0.4) is 0 Å². The lowest BCUT2D eigenvalue weighted by Gasteiger charge is -2.28. The van der Waals surface area contributed by atoms with Crippen LogP contribution >= 0.6 is 0 Å². The van der Waals surface area contributed by atoms with E-state index in [0.29, 0.717) is 6.54 Å². The standard InChI is InChI=1S/C16H21N5O3/c1-11(21-10-17-18-19-21)16(22)20-8-4-5-14(20)13-7-6-12(23-2)9-15(13)24-3/h6-7,9-11,14H,4-5,8H2,1-3H3/t11-,14+/m0/s1. The van der Waals surface area contributed by atoms with E-state index in [9.17, 15) is 4.79 Å². The molecule has 0 radical (unpaired) electrons. The minimum atomic E-state index is -0.440. The van der Waals surface area contributed by atoms with E-state index in [2.05, 4.69) is 15.5 Å². The topological polar surface area (TPSA) is 82.4 Å². The van der Waals surface area contributed by atoms with Crippen LogP contribution in [0.25, 0.3) is 0 Å². The summed E-state index contributed by atoms with van der Waals surface area (Å²) in [7, 11) is 3.25. The maximum atomic E-state index is 12.9. The molecule has 1 aliphatic rings. The third-order valence-electron chi connectivity index (χ3n) is 4.45.